The van der Waals surface area contributed by atoms with Crippen molar-refractivity contribution < 1.29 is 0 Å². The minimum absolute atomic E-state index is 0.440. The molecule has 3 nitrogen and oxygen atoms in total. The second-order valence-electron chi connectivity index (χ2n) is 7.48. The van der Waals surface area contributed by atoms with E-state index in [9.17, 15) is 0 Å². The summed E-state index contributed by atoms with van der Waals surface area (Å²) in [4.78, 5) is 9.04. The molecule has 1 aliphatic carbocycles. The molecule has 2 aromatic heterocycles. The number of aromatic nitrogens is 3. The molecule has 28 heavy (non-hydrogen) atoms. The highest BCUT2D eigenvalue weighted by molar-refractivity contribution is 6.35. The average Bonchev–Trinajstić information content (AvgIpc) is 3.12. The Morgan fingerprint density at radius 2 is 1.43 bits per heavy atom. The van der Waals surface area contributed by atoms with Crippen LogP contribution in [0.5, 0.6) is 0 Å². The number of benzene rings is 2. The number of hydrogen-bond donors (Lipinski definition) is 0. The van der Waals surface area contributed by atoms with E-state index in [4.69, 9.17) is 16.6 Å². The smallest absolute Gasteiger partial charge is 0.146 e. The molecule has 0 radical (unpaired) electrons. The van der Waals surface area contributed by atoms with E-state index in [1.165, 1.54) is 43.4 Å². The first-order valence-electron chi connectivity index (χ1n) is 10.00. The van der Waals surface area contributed by atoms with Gasteiger partial charge in [0.15, 0.2) is 0 Å². The van der Waals surface area contributed by atoms with Gasteiger partial charge < -0.3 is 4.57 Å². The summed E-state index contributed by atoms with van der Waals surface area (Å²) in [6, 6.07) is 21.6. The SMILES string of the molecule is Clc1ncnc2c1c(-c1ccccc1)c(-c1ccccc1)n2C1CCCCC1. The molecule has 4 aromatic rings. The van der Waals surface area contributed by atoms with Crippen LogP contribution in [-0.2, 0) is 0 Å². The quantitative estimate of drug-likeness (QED) is 0.357. The third kappa shape index (κ3) is 2.91. The maximum Gasteiger partial charge on any atom is 0.146 e. The van der Waals surface area contributed by atoms with Crippen LogP contribution < -0.4 is 0 Å². The fourth-order valence-corrected chi connectivity index (χ4v) is 4.78. The van der Waals surface area contributed by atoms with Gasteiger partial charge in [0, 0.05) is 11.6 Å². The zero-order valence-corrected chi connectivity index (χ0v) is 16.4. The first-order valence-corrected chi connectivity index (χ1v) is 10.4. The topological polar surface area (TPSA) is 30.7 Å². The van der Waals surface area contributed by atoms with Crippen molar-refractivity contribution in [2.75, 3.05) is 0 Å². The van der Waals surface area contributed by atoms with E-state index in [0.717, 1.165) is 22.2 Å². The van der Waals surface area contributed by atoms with Crippen LogP contribution in [0.1, 0.15) is 38.1 Å². The Kier molecular flexibility index (Phi) is 4.61. The lowest BCUT2D eigenvalue weighted by atomic mass is 9.94. The zero-order valence-electron chi connectivity index (χ0n) is 15.7. The number of fused-ring (bicyclic) bond motifs is 1. The molecule has 4 heteroatoms. The molecule has 0 saturated heterocycles. The highest BCUT2D eigenvalue weighted by Crippen LogP contribution is 2.46. The van der Waals surface area contributed by atoms with Crippen LogP contribution in [0, 0.1) is 0 Å². The molecule has 140 valence electrons. The Morgan fingerprint density at radius 3 is 2.11 bits per heavy atom. The summed E-state index contributed by atoms with van der Waals surface area (Å²) >= 11 is 6.66. The largest absolute Gasteiger partial charge is 0.321 e. The molecule has 0 bridgehead atoms. The highest BCUT2D eigenvalue weighted by Gasteiger charge is 2.28. The van der Waals surface area contributed by atoms with Crippen molar-refractivity contribution in [1.29, 1.82) is 0 Å². The summed E-state index contributed by atoms with van der Waals surface area (Å²) in [5, 5.41) is 1.48. The van der Waals surface area contributed by atoms with E-state index in [1.54, 1.807) is 6.33 Å². The Balaban J connectivity index is 1.91. The van der Waals surface area contributed by atoms with E-state index >= 15 is 0 Å². The van der Waals surface area contributed by atoms with E-state index in [1.807, 2.05) is 6.07 Å². The first kappa shape index (κ1) is 17.4. The lowest BCUT2D eigenvalue weighted by molar-refractivity contribution is 0.362. The monoisotopic (exact) mass is 387 g/mol. The average molecular weight is 388 g/mol. The van der Waals surface area contributed by atoms with Crippen molar-refractivity contribution in [1.82, 2.24) is 14.5 Å². The second-order valence-corrected chi connectivity index (χ2v) is 7.84. The molecule has 0 unspecified atom stereocenters. The van der Waals surface area contributed by atoms with Gasteiger partial charge in [-0.1, -0.05) is 91.5 Å². The summed E-state index contributed by atoms with van der Waals surface area (Å²) in [5.41, 5.74) is 5.64. The standard InChI is InChI=1S/C24H22ClN3/c25-23-21-20(17-10-4-1-5-11-17)22(18-12-6-2-7-13-18)28(24(21)27-16-26-23)19-14-8-3-9-15-19/h1-2,4-7,10-13,16,19H,3,8-9,14-15H2. The van der Waals surface area contributed by atoms with Crippen LogP contribution in [-0.4, -0.2) is 14.5 Å². The third-order valence-corrected chi connectivity index (χ3v) is 6.07. The molecule has 0 N–H and O–H groups in total. The zero-order chi connectivity index (χ0) is 18.9. The molecular formula is C24H22ClN3. The van der Waals surface area contributed by atoms with Gasteiger partial charge in [-0.25, -0.2) is 9.97 Å². The Labute approximate surface area is 170 Å². The van der Waals surface area contributed by atoms with Gasteiger partial charge in [-0.05, 0) is 24.0 Å². The molecule has 0 atom stereocenters. The molecular weight excluding hydrogens is 366 g/mol. The van der Waals surface area contributed by atoms with Crippen LogP contribution in [0.25, 0.3) is 33.4 Å². The summed E-state index contributed by atoms with van der Waals surface area (Å²) in [5.74, 6) is 0. The van der Waals surface area contributed by atoms with E-state index in [0.29, 0.717) is 11.2 Å². The molecule has 1 saturated carbocycles. The van der Waals surface area contributed by atoms with Crippen LogP contribution in [0.3, 0.4) is 0 Å². The number of halogens is 1. The molecule has 0 spiro atoms. The fourth-order valence-electron chi connectivity index (χ4n) is 4.56. The van der Waals surface area contributed by atoms with Crippen LogP contribution in [0.2, 0.25) is 5.15 Å². The van der Waals surface area contributed by atoms with Gasteiger partial charge in [0.05, 0.1) is 11.1 Å². The minimum Gasteiger partial charge on any atom is -0.321 e. The Bertz CT molecular complexity index is 1100. The Morgan fingerprint density at radius 1 is 0.786 bits per heavy atom. The number of rotatable bonds is 3. The van der Waals surface area contributed by atoms with Crippen LogP contribution in [0.15, 0.2) is 67.0 Å². The number of nitrogens with zero attached hydrogens (tertiary/aromatic N) is 3. The molecule has 2 aromatic carbocycles. The Hall–Kier alpha value is -2.65. The van der Waals surface area contributed by atoms with E-state index in [-0.39, 0.29) is 0 Å². The van der Waals surface area contributed by atoms with Crippen molar-refractivity contribution in [2.45, 2.75) is 38.1 Å². The third-order valence-electron chi connectivity index (χ3n) is 5.79. The summed E-state index contributed by atoms with van der Waals surface area (Å²) in [7, 11) is 0. The highest BCUT2D eigenvalue weighted by atomic mass is 35.5. The van der Waals surface area contributed by atoms with Crippen LogP contribution >= 0.6 is 11.6 Å². The van der Waals surface area contributed by atoms with E-state index < -0.39 is 0 Å². The summed E-state index contributed by atoms with van der Waals surface area (Å²) in [6.07, 6.45) is 7.79. The fraction of sp³-hybridized carbons (Fsp3) is 0.250. The lowest BCUT2D eigenvalue weighted by Crippen LogP contribution is -2.14. The van der Waals surface area contributed by atoms with Crippen molar-refractivity contribution in [2.24, 2.45) is 0 Å². The van der Waals surface area contributed by atoms with Gasteiger partial charge in [0.2, 0.25) is 0 Å². The molecule has 1 fully saturated rings. The molecule has 5 rings (SSSR count). The van der Waals surface area contributed by atoms with Gasteiger partial charge >= 0.3 is 0 Å². The van der Waals surface area contributed by atoms with Gasteiger partial charge in [-0.3, -0.25) is 0 Å². The predicted molar refractivity (Wildman–Crippen MR) is 116 cm³/mol. The van der Waals surface area contributed by atoms with Crippen LogP contribution in [0.4, 0.5) is 0 Å². The minimum atomic E-state index is 0.440. The molecule has 0 aliphatic heterocycles. The molecule has 2 heterocycles. The predicted octanol–water partition coefficient (Wildman–Crippen LogP) is 6.92. The lowest BCUT2D eigenvalue weighted by Gasteiger charge is -2.26. The molecule has 0 amide bonds. The maximum absolute atomic E-state index is 6.66. The first-order chi connectivity index (χ1) is 13.8. The van der Waals surface area contributed by atoms with Crippen molar-refractivity contribution >= 4 is 22.6 Å². The van der Waals surface area contributed by atoms with E-state index in [2.05, 4.69) is 64.1 Å². The normalized spacial score (nSPS) is 15.2. The van der Waals surface area contributed by atoms with Crippen molar-refractivity contribution in [3.63, 3.8) is 0 Å². The summed E-state index contributed by atoms with van der Waals surface area (Å²) in [6.45, 7) is 0. The van der Waals surface area contributed by atoms with Gasteiger partial charge in [0.1, 0.15) is 17.1 Å². The summed E-state index contributed by atoms with van der Waals surface area (Å²) < 4.78 is 2.44. The maximum atomic E-state index is 6.66. The number of hydrogen-bond acceptors (Lipinski definition) is 2. The van der Waals surface area contributed by atoms with Gasteiger partial charge in [-0.15, -0.1) is 0 Å². The van der Waals surface area contributed by atoms with Crippen molar-refractivity contribution in [3.05, 3.63) is 72.1 Å². The molecule has 1 aliphatic rings. The second kappa shape index (κ2) is 7.40. The van der Waals surface area contributed by atoms with Crippen molar-refractivity contribution in [3.8, 4) is 22.4 Å². The van der Waals surface area contributed by atoms with Gasteiger partial charge in [-0.2, -0.15) is 0 Å². The van der Waals surface area contributed by atoms with Gasteiger partial charge in [0.25, 0.3) is 0 Å².